The first-order chi connectivity index (χ1) is 8.28. The van der Waals surface area contributed by atoms with Crippen LogP contribution in [-0.4, -0.2) is 34.8 Å². The summed E-state index contributed by atoms with van der Waals surface area (Å²) in [4.78, 5) is 24.4. The lowest BCUT2D eigenvalue weighted by Gasteiger charge is -2.08. The third-order valence-corrected chi connectivity index (χ3v) is 1.57. The number of hydrogen-bond donors (Lipinski definition) is 2. The van der Waals surface area contributed by atoms with Crippen LogP contribution >= 0.6 is 0 Å². The van der Waals surface area contributed by atoms with Crippen LogP contribution in [0.4, 0.5) is 18.9 Å². The molecule has 0 saturated carbocycles. The van der Waals surface area contributed by atoms with Gasteiger partial charge in [0.2, 0.25) is 5.88 Å². The van der Waals surface area contributed by atoms with Gasteiger partial charge in [-0.15, -0.1) is 0 Å². The molecule has 0 saturated heterocycles. The number of nitrogens with zero attached hydrogens (tertiary/aromatic N) is 1. The van der Waals surface area contributed by atoms with Crippen molar-refractivity contribution in [3.63, 3.8) is 0 Å². The van der Waals surface area contributed by atoms with E-state index in [2.05, 4.69) is 9.72 Å². The molecule has 0 aliphatic heterocycles. The highest BCUT2D eigenvalue weighted by Crippen LogP contribution is 2.17. The van der Waals surface area contributed by atoms with Crippen LogP contribution in [0.15, 0.2) is 18.3 Å². The number of carboxylic acids is 1. The summed E-state index contributed by atoms with van der Waals surface area (Å²) in [5.74, 6) is -3.26. The first kappa shape index (κ1) is 13.7. The molecule has 0 aliphatic carbocycles. The van der Waals surface area contributed by atoms with Crippen molar-refractivity contribution in [2.24, 2.45) is 0 Å². The predicted molar refractivity (Wildman–Crippen MR) is 52.1 cm³/mol. The minimum absolute atomic E-state index is 0.0294. The normalized spacial score (nSPS) is 10.8. The van der Waals surface area contributed by atoms with Crippen molar-refractivity contribution < 1.29 is 32.6 Å². The summed E-state index contributed by atoms with van der Waals surface area (Å²) >= 11 is 0. The van der Waals surface area contributed by atoms with E-state index < -0.39 is 24.7 Å². The smallest absolute Gasteiger partial charge is 0.422 e. The van der Waals surface area contributed by atoms with Gasteiger partial charge in [0.05, 0.1) is 11.9 Å². The van der Waals surface area contributed by atoms with E-state index in [9.17, 15) is 22.8 Å². The van der Waals surface area contributed by atoms with E-state index >= 15 is 0 Å². The third-order valence-electron chi connectivity index (χ3n) is 1.57. The molecule has 0 radical (unpaired) electrons. The summed E-state index contributed by atoms with van der Waals surface area (Å²) in [5, 5.41) is 10.3. The molecule has 98 valence electrons. The molecule has 1 aromatic heterocycles. The number of pyridine rings is 1. The van der Waals surface area contributed by atoms with Crippen LogP contribution in [0.2, 0.25) is 0 Å². The van der Waals surface area contributed by atoms with Crippen molar-refractivity contribution in [1.29, 1.82) is 0 Å². The number of nitrogens with one attached hydrogen (secondary N) is 1. The maximum atomic E-state index is 11.8. The minimum atomic E-state index is -4.47. The number of carbonyl (C=O) groups is 2. The molecule has 1 aromatic rings. The first-order valence-corrected chi connectivity index (χ1v) is 4.48. The van der Waals surface area contributed by atoms with Crippen LogP contribution in [0.3, 0.4) is 0 Å². The van der Waals surface area contributed by atoms with Gasteiger partial charge in [0, 0.05) is 6.07 Å². The van der Waals surface area contributed by atoms with Gasteiger partial charge in [-0.3, -0.25) is 4.79 Å². The van der Waals surface area contributed by atoms with Crippen molar-refractivity contribution in [3.05, 3.63) is 18.3 Å². The lowest BCUT2D eigenvalue weighted by atomic mass is 10.4. The van der Waals surface area contributed by atoms with Crippen molar-refractivity contribution >= 4 is 17.6 Å². The number of carboxylic acid groups (broad SMARTS) is 1. The predicted octanol–water partition coefficient (Wildman–Crippen LogP) is 1.05. The third kappa shape index (κ3) is 4.68. The molecule has 1 amide bonds. The maximum Gasteiger partial charge on any atom is 0.422 e. The molecular weight excluding hydrogens is 257 g/mol. The molecule has 0 aromatic carbocycles. The Morgan fingerprint density at radius 2 is 2.06 bits per heavy atom. The Balaban J connectivity index is 2.58. The van der Waals surface area contributed by atoms with E-state index in [1.54, 1.807) is 0 Å². The fourth-order valence-corrected chi connectivity index (χ4v) is 0.880. The molecule has 9 heteroatoms. The van der Waals surface area contributed by atoms with Gasteiger partial charge < -0.3 is 15.2 Å². The average molecular weight is 264 g/mol. The summed E-state index contributed by atoms with van der Waals surface area (Å²) in [7, 11) is 0. The van der Waals surface area contributed by atoms with Crippen LogP contribution in [0.5, 0.6) is 5.88 Å². The number of rotatable bonds is 3. The lowest BCUT2D eigenvalue weighted by molar-refractivity contribution is -0.154. The molecule has 0 aliphatic rings. The number of hydrogen-bond acceptors (Lipinski definition) is 4. The van der Waals surface area contributed by atoms with Gasteiger partial charge >= 0.3 is 18.1 Å². The Hall–Kier alpha value is -2.32. The van der Waals surface area contributed by atoms with Gasteiger partial charge in [-0.05, 0) is 6.07 Å². The van der Waals surface area contributed by atoms with E-state index in [0.29, 0.717) is 0 Å². The van der Waals surface area contributed by atoms with Crippen molar-refractivity contribution in [2.45, 2.75) is 6.18 Å². The number of halogens is 3. The highest BCUT2D eigenvalue weighted by Gasteiger charge is 2.28. The Kier molecular flexibility index (Phi) is 4.08. The molecule has 18 heavy (non-hydrogen) atoms. The van der Waals surface area contributed by atoms with Crippen LogP contribution in [0, 0.1) is 0 Å². The number of aliphatic carboxylic acids is 1. The van der Waals surface area contributed by atoms with Crippen LogP contribution in [-0.2, 0) is 9.59 Å². The second-order valence-electron chi connectivity index (χ2n) is 3.05. The maximum absolute atomic E-state index is 11.8. The Morgan fingerprint density at radius 1 is 1.39 bits per heavy atom. The molecule has 0 fully saturated rings. The van der Waals surface area contributed by atoms with E-state index in [0.717, 1.165) is 12.3 Å². The van der Waals surface area contributed by atoms with Crippen LogP contribution in [0.1, 0.15) is 0 Å². The van der Waals surface area contributed by atoms with Crippen molar-refractivity contribution in [1.82, 2.24) is 4.98 Å². The zero-order chi connectivity index (χ0) is 13.8. The summed E-state index contributed by atoms with van der Waals surface area (Å²) in [6, 6.07) is 2.24. The van der Waals surface area contributed by atoms with E-state index in [1.165, 1.54) is 6.07 Å². The second-order valence-corrected chi connectivity index (χ2v) is 3.05. The molecule has 6 nitrogen and oxygen atoms in total. The number of aromatic nitrogens is 1. The molecule has 2 N–H and O–H groups in total. The Morgan fingerprint density at radius 3 is 2.50 bits per heavy atom. The van der Waals surface area contributed by atoms with Gasteiger partial charge in [-0.25, -0.2) is 9.78 Å². The monoisotopic (exact) mass is 264 g/mol. The van der Waals surface area contributed by atoms with E-state index in [1.807, 2.05) is 5.32 Å². The van der Waals surface area contributed by atoms with Crippen LogP contribution in [0.25, 0.3) is 0 Å². The number of carbonyl (C=O) groups excluding carboxylic acids is 1. The molecular formula is C9H7F3N2O4. The highest BCUT2D eigenvalue weighted by atomic mass is 19.4. The lowest BCUT2D eigenvalue weighted by Crippen LogP contribution is -2.22. The topological polar surface area (TPSA) is 88.5 Å². The fraction of sp³-hybridized carbons (Fsp3) is 0.222. The number of ether oxygens (including phenoxy) is 1. The average Bonchev–Trinajstić information content (AvgIpc) is 2.27. The van der Waals surface area contributed by atoms with E-state index in [4.69, 9.17) is 5.11 Å². The van der Waals surface area contributed by atoms with Crippen molar-refractivity contribution in [2.75, 3.05) is 11.9 Å². The quantitative estimate of drug-likeness (QED) is 0.796. The zero-order valence-electron chi connectivity index (χ0n) is 8.69. The van der Waals surface area contributed by atoms with Gasteiger partial charge in [0.1, 0.15) is 0 Å². The molecule has 1 rings (SSSR count). The molecule has 0 spiro atoms. The van der Waals surface area contributed by atoms with Crippen LogP contribution < -0.4 is 10.1 Å². The SMILES string of the molecule is O=C(O)C(=O)Nc1ccc(OCC(F)(F)F)nc1. The number of alkyl halides is 3. The van der Waals surface area contributed by atoms with Gasteiger partial charge in [0.25, 0.3) is 0 Å². The summed E-state index contributed by atoms with van der Waals surface area (Å²) in [6.07, 6.45) is -3.50. The largest absolute Gasteiger partial charge is 0.474 e. The Bertz CT molecular complexity index is 444. The molecule has 0 bridgehead atoms. The van der Waals surface area contributed by atoms with Gasteiger partial charge in [-0.1, -0.05) is 0 Å². The standard InChI is InChI=1S/C9H7F3N2O4/c10-9(11,12)4-18-6-2-1-5(3-13-6)14-7(15)8(16)17/h1-3H,4H2,(H,14,15)(H,16,17). The number of anilines is 1. The summed E-state index contributed by atoms with van der Waals surface area (Å²) in [5.41, 5.74) is 0.0294. The molecule has 1 heterocycles. The van der Waals surface area contributed by atoms with Crippen molar-refractivity contribution in [3.8, 4) is 5.88 Å². The molecule has 0 atom stereocenters. The second kappa shape index (κ2) is 5.34. The first-order valence-electron chi connectivity index (χ1n) is 4.48. The summed E-state index contributed by atoms with van der Waals surface area (Å²) < 4.78 is 39.7. The minimum Gasteiger partial charge on any atom is -0.474 e. The Labute approximate surface area is 98.4 Å². The molecule has 0 unspecified atom stereocenters. The highest BCUT2D eigenvalue weighted by molar-refractivity contribution is 6.36. The van der Waals surface area contributed by atoms with E-state index in [-0.39, 0.29) is 11.6 Å². The zero-order valence-corrected chi connectivity index (χ0v) is 8.69. The number of amides is 1. The van der Waals surface area contributed by atoms with Gasteiger partial charge in [-0.2, -0.15) is 13.2 Å². The fourth-order valence-electron chi connectivity index (χ4n) is 0.880. The summed E-state index contributed by atoms with van der Waals surface area (Å²) in [6.45, 7) is -1.49. The van der Waals surface area contributed by atoms with Gasteiger partial charge in [0.15, 0.2) is 6.61 Å².